The Morgan fingerprint density at radius 2 is 1.47 bits per heavy atom. The summed E-state index contributed by atoms with van der Waals surface area (Å²) in [5.74, 6) is -0.422. The van der Waals surface area contributed by atoms with Crippen LogP contribution in [-0.2, 0) is 37.2 Å². The Morgan fingerprint density at radius 1 is 0.797 bits per heavy atom. The Balaban J connectivity index is 1.24. The first-order valence-electron chi connectivity index (χ1n) is 19.9. The van der Waals surface area contributed by atoms with Crippen LogP contribution in [0.4, 0.5) is 23.7 Å². The Bertz CT molecular complexity index is 2340. The van der Waals surface area contributed by atoms with Crippen molar-refractivity contribution in [3.05, 3.63) is 142 Å². The summed E-state index contributed by atoms with van der Waals surface area (Å²) >= 11 is 0. The predicted molar refractivity (Wildman–Crippen MR) is 217 cm³/mol. The minimum atomic E-state index is -4.64. The van der Waals surface area contributed by atoms with Gasteiger partial charge in [-0.1, -0.05) is 60.7 Å². The van der Waals surface area contributed by atoms with Crippen LogP contribution in [0.15, 0.2) is 103 Å². The van der Waals surface area contributed by atoms with E-state index in [1.165, 1.54) is 17.9 Å². The third-order valence-corrected chi connectivity index (χ3v) is 11.6. The average molecular weight is 806 g/mol. The molecule has 3 amide bonds. The van der Waals surface area contributed by atoms with E-state index in [4.69, 9.17) is 9.47 Å². The van der Waals surface area contributed by atoms with Crippen LogP contribution in [0.2, 0.25) is 0 Å². The highest BCUT2D eigenvalue weighted by molar-refractivity contribution is 6.08. The lowest BCUT2D eigenvalue weighted by molar-refractivity contribution is -0.140. The second-order valence-electron chi connectivity index (χ2n) is 15.4. The van der Waals surface area contributed by atoms with E-state index in [9.17, 15) is 22.8 Å². The van der Waals surface area contributed by atoms with E-state index in [1.54, 1.807) is 72.6 Å². The summed E-state index contributed by atoms with van der Waals surface area (Å²) in [6.07, 6.45) is -4.20. The third-order valence-electron chi connectivity index (χ3n) is 11.6. The van der Waals surface area contributed by atoms with Gasteiger partial charge in [0.2, 0.25) is 0 Å². The highest BCUT2D eigenvalue weighted by Crippen LogP contribution is 2.38. The predicted octanol–water partition coefficient (Wildman–Crippen LogP) is 7.76. The number of carbonyl (C=O) groups excluding carboxylic acids is 3. The molecule has 5 aromatic rings. The average Bonchev–Trinajstić information content (AvgIpc) is 3.56. The van der Waals surface area contributed by atoms with Gasteiger partial charge in [0.15, 0.2) is 0 Å². The lowest BCUT2D eigenvalue weighted by atomic mass is 9.89. The molecule has 0 N–H and O–H groups in total. The number of halogens is 3. The maximum atomic E-state index is 15.4. The Kier molecular flexibility index (Phi) is 11.3. The number of benzene rings is 4. The lowest BCUT2D eigenvalue weighted by Gasteiger charge is -2.41. The number of hydrogen-bond acceptors (Lipinski definition) is 6. The zero-order chi connectivity index (χ0) is 41.3. The van der Waals surface area contributed by atoms with Gasteiger partial charge in [-0.2, -0.15) is 13.2 Å². The van der Waals surface area contributed by atoms with Gasteiger partial charge in [0, 0.05) is 74.9 Å². The van der Waals surface area contributed by atoms with Crippen LogP contribution in [0.25, 0.3) is 11.3 Å². The molecule has 1 atom stereocenters. The largest absolute Gasteiger partial charge is 0.415 e. The fraction of sp³-hybridized carbons (Fsp3) is 0.326. The maximum absolute atomic E-state index is 15.4. The van der Waals surface area contributed by atoms with E-state index in [1.807, 2.05) is 35.2 Å². The first-order chi connectivity index (χ1) is 28.4. The topological polar surface area (TPSA) is 87.6 Å². The minimum Gasteiger partial charge on any atom is -0.410 e. The third kappa shape index (κ3) is 8.62. The van der Waals surface area contributed by atoms with Gasteiger partial charge >= 0.3 is 12.3 Å². The van der Waals surface area contributed by atoms with E-state index in [-0.39, 0.29) is 41.0 Å². The first-order valence-corrected chi connectivity index (χ1v) is 19.9. The van der Waals surface area contributed by atoms with Crippen LogP contribution in [-0.4, -0.2) is 95.8 Å². The van der Waals surface area contributed by atoms with Crippen molar-refractivity contribution >= 4 is 23.6 Å². The molecule has 0 radical (unpaired) electrons. The van der Waals surface area contributed by atoms with E-state index < -0.39 is 24.7 Å². The molecule has 59 heavy (non-hydrogen) atoms. The Hall–Kier alpha value is -5.92. The van der Waals surface area contributed by atoms with Crippen molar-refractivity contribution in [3.63, 3.8) is 0 Å². The van der Waals surface area contributed by atoms with Crippen molar-refractivity contribution in [2.24, 2.45) is 0 Å². The number of ether oxygens (including phenoxy) is 2. The van der Waals surface area contributed by atoms with Gasteiger partial charge in [-0.25, -0.2) is 4.79 Å². The molecule has 0 unspecified atom stereocenters. The van der Waals surface area contributed by atoms with E-state index >= 15 is 4.79 Å². The van der Waals surface area contributed by atoms with Gasteiger partial charge < -0.3 is 28.7 Å². The number of nitrogens with zero attached hydrogens (tertiary/aromatic N) is 5. The molecule has 4 heterocycles. The summed E-state index contributed by atoms with van der Waals surface area (Å²) < 4.78 is 55.9. The SMILES string of the molecule is Cc1c(C(=O)N(C)c2ccccc2)cc(-c2cc3c(cc2C(=O)N2Cc4ccccc4C[C@H]2CN2CCOCC2)CN(C(=O)Oc2ccccc2)CC3)n1CC(F)(F)F. The molecule has 8 rings (SSSR count). The molecule has 4 aromatic carbocycles. The van der Waals surface area contributed by atoms with Crippen molar-refractivity contribution < 1.29 is 37.0 Å². The van der Waals surface area contributed by atoms with Gasteiger partial charge in [0.25, 0.3) is 11.8 Å². The molecule has 0 saturated carbocycles. The van der Waals surface area contributed by atoms with Crippen LogP contribution in [0.1, 0.15) is 48.7 Å². The van der Waals surface area contributed by atoms with Gasteiger partial charge in [0.05, 0.1) is 24.5 Å². The number of fused-ring (bicyclic) bond motifs is 2. The fourth-order valence-corrected chi connectivity index (χ4v) is 8.45. The number of rotatable bonds is 8. The Labute approximate surface area is 341 Å². The molecular formula is C46H46F3N5O5. The number of anilines is 1. The maximum Gasteiger partial charge on any atom is 0.415 e. The van der Waals surface area contributed by atoms with E-state index in [2.05, 4.69) is 11.0 Å². The molecule has 1 fully saturated rings. The molecule has 306 valence electrons. The van der Waals surface area contributed by atoms with Crippen molar-refractivity contribution in [2.75, 3.05) is 51.3 Å². The molecule has 0 aliphatic carbocycles. The van der Waals surface area contributed by atoms with Crippen LogP contribution < -0.4 is 9.64 Å². The molecule has 0 bridgehead atoms. The smallest absolute Gasteiger partial charge is 0.410 e. The standard InChI is InChI=1S/C46H46F3N5O5/c1-31-39(43(55)50(2)36-13-5-3-6-14-36)26-42(54(31)30-46(47,48)49)40-24-33-17-18-52(45(57)59-38-15-7-4-8-16-38)27-35(33)25-41(40)44(56)53-28-34-12-10-9-11-32(34)23-37(53)29-51-19-21-58-22-20-51/h3-16,24-26,37H,17-23,27-30H2,1-2H3/t37-/m0/s1. The summed E-state index contributed by atoms with van der Waals surface area (Å²) in [4.78, 5) is 50.0. The zero-order valence-corrected chi connectivity index (χ0v) is 33.1. The normalized spacial score (nSPS) is 16.9. The van der Waals surface area contributed by atoms with Crippen LogP contribution in [0.5, 0.6) is 5.75 Å². The van der Waals surface area contributed by atoms with Gasteiger partial charge in [0.1, 0.15) is 12.3 Å². The summed E-state index contributed by atoms with van der Waals surface area (Å²) in [6, 6.07) is 30.4. The van der Waals surface area contributed by atoms with E-state index in [0.717, 1.165) is 34.3 Å². The highest BCUT2D eigenvalue weighted by atomic mass is 19.4. The second kappa shape index (κ2) is 16.7. The number of carbonyl (C=O) groups is 3. The monoisotopic (exact) mass is 805 g/mol. The van der Waals surface area contributed by atoms with Crippen molar-refractivity contribution in [1.29, 1.82) is 0 Å². The van der Waals surface area contributed by atoms with Crippen LogP contribution in [0, 0.1) is 6.92 Å². The summed E-state index contributed by atoms with van der Waals surface area (Å²) in [6.45, 7) is 4.10. The van der Waals surface area contributed by atoms with Crippen LogP contribution in [0.3, 0.4) is 0 Å². The highest BCUT2D eigenvalue weighted by Gasteiger charge is 2.37. The lowest BCUT2D eigenvalue weighted by Crippen LogP contribution is -2.52. The fourth-order valence-electron chi connectivity index (χ4n) is 8.45. The zero-order valence-electron chi connectivity index (χ0n) is 33.1. The molecule has 3 aliphatic rings. The number of alkyl halides is 3. The second-order valence-corrected chi connectivity index (χ2v) is 15.4. The van der Waals surface area contributed by atoms with Crippen molar-refractivity contribution in [1.82, 2.24) is 19.3 Å². The Morgan fingerprint density at radius 3 is 2.19 bits per heavy atom. The van der Waals surface area contributed by atoms with E-state index in [0.29, 0.717) is 68.3 Å². The quantitative estimate of drug-likeness (QED) is 0.160. The van der Waals surface area contributed by atoms with Gasteiger partial charge in [-0.3, -0.25) is 14.5 Å². The number of amides is 3. The molecule has 0 spiro atoms. The molecule has 1 saturated heterocycles. The molecule has 3 aliphatic heterocycles. The number of aromatic nitrogens is 1. The summed E-state index contributed by atoms with van der Waals surface area (Å²) in [5, 5.41) is 0. The summed E-state index contributed by atoms with van der Waals surface area (Å²) in [5.41, 5.74) is 5.06. The van der Waals surface area contributed by atoms with Crippen molar-refractivity contribution in [2.45, 2.75) is 51.6 Å². The van der Waals surface area contributed by atoms with Gasteiger partial charge in [-0.05, 0) is 84.5 Å². The molecule has 10 nitrogen and oxygen atoms in total. The van der Waals surface area contributed by atoms with Gasteiger partial charge in [-0.15, -0.1) is 0 Å². The number of hydrogen-bond donors (Lipinski definition) is 0. The first kappa shape index (κ1) is 39.9. The number of para-hydroxylation sites is 2. The van der Waals surface area contributed by atoms with Crippen LogP contribution >= 0.6 is 0 Å². The molecule has 13 heteroatoms. The summed E-state index contributed by atoms with van der Waals surface area (Å²) in [7, 11) is 1.59. The number of morpholine rings is 1. The molecular weight excluding hydrogens is 760 g/mol. The van der Waals surface area contributed by atoms with Crippen molar-refractivity contribution in [3.8, 4) is 17.0 Å². The molecule has 1 aromatic heterocycles. The minimum absolute atomic E-state index is 0.0960.